The predicted octanol–water partition coefficient (Wildman–Crippen LogP) is 2.07. The summed E-state index contributed by atoms with van der Waals surface area (Å²) in [7, 11) is 0. The van der Waals surface area contributed by atoms with Gasteiger partial charge in [-0.15, -0.1) is 0 Å². The number of nitrogens with zero attached hydrogens (tertiary/aromatic N) is 5. The van der Waals surface area contributed by atoms with Gasteiger partial charge >= 0.3 is 0 Å². The van der Waals surface area contributed by atoms with Gasteiger partial charge in [-0.05, 0) is 47.1 Å². The molecule has 0 radical (unpaired) electrons. The Kier molecular flexibility index (Phi) is 5.17. The highest BCUT2D eigenvalue weighted by Gasteiger charge is 2.31. The molecule has 2 aromatic heterocycles. The number of rotatable bonds is 5. The molecule has 2 atom stereocenters. The van der Waals surface area contributed by atoms with Crippen molar-refractivity contribution in [1.29, 1.82) is 0 Å². The number of aromatic nitrogens is 4. The first-order valence-electron chi connectivity index (χ1n) is 8.82. The Hall–Kier alpha value is -2.22. The summed E-state index contributed by atoms with van der Waals surface area (Å²) in [5.74, 6) is 2.02. The Morgan fingerprint density at radius 1 is 1.40 bits per heavy atom. The van der Waals surface area contributed by atoms with E-state index in [1.165, 1.54) is 6.42 Å². The van der Waals surface area contributed by atoms with Gasteiger partial charge in [0.05, 0.1) is 18.3 Å². The van der Waals surface area contributed by atoms with Crippen molar-refractivity contribution < 1.29 is 9.32 Å². The van der Waals surface area contributed by atoms with Crippen LogP contribution >= 0.6 is 0 Å². The molecule has 1 amide bonds. The van der Waals surface area contributed by atoms with E-state index in [9.17, 15) is 4.79 Å². The van der Waals surface area contributed by atoms with Crippen molar-refractivity contribution in [1.82, 2.24) is 24.8 Å². The minimum atomic E-state index is -0.249. The number of likely N-dealkylation sites (tertiary alicyclic amines) is 1. The van der Waals surface area contributed by atoms with Gasteiger partial charge in [-0.1, -0.05) is 11.6 Å². The number of hydrogen-bond donors (Lipinski definition) is 1. The van der Waals surface area contributed by atoms with Crippen molar-refractivity contribution in [2.45, 2.75) is 65.6 Å². The second kappa shape index (κ2) is 7.35. The molecule has 1 aliphatic heterocycles. The van der Waals surface area contributed by atoms with E-state index in [4.69, 9.17) is 4.52 Å². The lowest BCUT2D eigenvalue weighted by Gasteiger charge is -2.39. The van der Waals surface area contributed by atoms with E-state index < -0.39 is 0 Å². The summed E-state index contributed by atoms with van der Waals surface area (Å²) in [5.41, 5.74) is 0.746. The third kappa shape index (κ3) is 4.07. The van der Waals surface area contributed by atoms with E-state index in [1.54, 1.807) is 6.07 Å². The molecular weight excluding hydrogens is 320 g/mol. The SMILES string of the molecule is Cc1cc(NC(=O)[C@@H](C)N2CCCC[C@H]2Cn2nc(C)nc2C)on1. The molecule has 1 saturated heterocycles. The predicted molar refractivity (Wildman–Crippen MR) is 93.2 cm³/mol. The highest BCUT2D eigenvalue weighted by atomic mass is 16.5. The molecule has 8 heteroatoms. The van der Waals surface area contributed by atoms with Crippen LogP contribution in [0, 0.1) is 20.8 Å². The van der Waals surface area contributed by atoms with Crippen molar-refractivity contribution in [3.05, 3.63) is 23.4 Å². The quantitative estimate of drug-likeness (QED) is 0.891. The number of hydrogen-bond acceptors (Lipinski definition) is 6. The maximum Gasteiger partial charge on any atom is 0.243 e. The molecule has 0 bridgehead atoms. The maximum absolute atomic E-state index is 12.6. The van der Waals surface area contributed by atoms with Gasteiger partial charge in [0, 0.05) is 12.1 Å². The lowest BCUT2D eigenvalue weighted by atomic mass is 9.99. The summed E-state index contributed by atoms with van der Waals surface area (Å²) in [6.07, 6.45) is 3.33. The molecule has 1 fully saturated rings. The Balaban J connectivity index is 1.68. The fourth-order valence-corrected chi connectivity index (χ4v) is 3.46. The number of piperidine rings is 1. The van der Waals surface area contributed by atoms with E-state index >= 15 is 0 Å². The van der Waals surface area contributed by atoms with Crippen LogP contribution in [0.5, 0.6) is 0 Å². The average Bonchev–Trinajstić information content (AvgIpc) is 3.12. The van der Waals surface area contributed by atoms with Crippen molar-refractivity contribution in [3.8, 4) is 0 Å². The normalized spacial score (nSPS) is 19.8. The highest BCUT2D eigenvalue weighted by molar-refractivity contribution is 5.93. The Morgan fingerprint density at radius 3 is 2.84 bits per heavy atom. The zero-order chi connectivity index (χ0) is 18.0. The van der Waals surface area contributed by atoms with E-state index in [0.717, 1.165) is 43.3 Å². The van der Waals surface area contributed by atoms with Crippen molar-refractivity contribution in [2.75, 3.05) is 11.9 Å². The molecule has 3 heterocycles. The third-order valence-electron chi connectivity index (χ3n) is 4.77. The zero-order valence-corrected chi connectivity index (χ0v) is 15.3. The van der Waals surface area contributed by atoms with E-state index in [2.05, 4.69) is 25.5 Å². The lowest BCUT2D eigenvalue weighted by Crippen LogP contribution is -2.51. The lowest BCUT2D eigenvalue weighted by molar-refractivity contribution is -0.122. The average molecular weight is 346 g/mol. The molecule has 0 aliphatic carbocycles. The molecule has 3 rings (SSSR count). The first-order valence-corrected chi connectivity index (χ1v) is 8.82. The molecule has 1 N–H and O–H groups in total. The molecule has 0 saturated carbocycles. The van der Waals surface area contributed by atoms with Gasteiger partial charge in [0.1, 0.15) is 11.6 Å². The summed E-state index contributed by atoms with van der Waals surface area (Å²) < 4.78 is 7.04. The van der Waals surface area contributed by atoms with E-state index in [1.807, 2.05) is 32.4 Å². The molecule has 25 heavy (non-hydrogen) atoms. The van der Waals surface area contributed by atoms with Crippen molar-refractivity contribution >= 4 is 11.8 Å². The van der Waals surface area contributed by atoms with Gasteiger partial charge in [0.25, 0.3) is 0 Å². The number of carbonyl (C=O) groups excluding carboxylic acids is 1. The fraction of sp³-hybridized carbons (Fsp3) is 0.647. The minimum absolute atomic E-state index is 0.0745. The number of amides is 1. The smallest absolute Gasteiger partial charge is 0.243 e. The standard InChI is InChI=1S/C17H26N6O2/c1-11-9-16(25-21-11)19-17(24)12(2)22-8-6-5-7-15(22)10-23-14(4)18-13(3)20-23/h9,12,15H,5-8,10H2,1-4H3,(H,19,24)/t12-,15+/m1/s1. The fourth-order valence-electron chi connectivity index (χ4n) is 3.46. The van der Waals surface area contributed by atoms with Crippen LogP contribution in [0.2, 0.25) is 0 Å². The summed E-state index contributed by atoms with van der Waals surface area (Å²) in [6, 6.07) is 1.74. The largest absolute Gasteiger partial charge is 0.338 e. The Morgan fingerprint density at radius 2 is 2.20 bits per heavy atom. The number of carbonyl (C=O) groups is 1. The minimum Gasteiger partial charge on any atom is -0.338 e. The summed E-state index contributed by atoms with van der Waals surface area (Å²) in [5, 5.41) is 11.1. The Bertz CT molecular complexity index is 737. The number of anilines is 1. The molecular formula is C17H26N6O2. The van der Waals surface area contributed by atoms with Gasteiger partial charge in [0.2, 0.25) is 11.8 Å². The molecule has 0 unspecified atom stereocenters. The van der Waals surface area contributed by atoms with E-state index in [0.29, 0.717) is 5.88 Å². The molecule has 136 valence electrons. The van der Waals surface area contributed by atoms with Gasteiger partial charge in [-0.25, -0.2) is 9.67 Å². The maximum atomic E-state index is 12.6. The summed E-state index contributed by atoms with van der Waals surface area (Å²) in [6.45, 7) is 9.29. The molecule has 0 aromatic carbocycles. The third-order valence-corrected chi connectivity index (χ3v) is 4.77. The first kappa shape index (κ1) is 17.6. The van der Waals surface area contributed by atoms with E-state index in [-0.39, 0.29) is 18.0 Å². The molecule has 0 spiro atoms. The van der Waals surface area contributed by atoms with Crippen LogP contribution in [0.3, 0.4) is 0 Å². The topological polar surface area (TPSA) is 89.1 Å². The van der Waals surface area contributed by atoms with Gasteiger partial charge < -0.3 is 4.52 Å². The number of aryl methyl sites for hydroxylation is 3. The molecule has 2 aromatic rings. The van der Waals surface area contributed by atoms with Crippen LogP contribution in [0.1, 0.15) is 43.5 Å². The monoisotopic (exact) mass is 346 g/mol. The summed E-state index contributed by atoms with van der Waals surface area (Å²) >= 11 is 0. The Labute approximate surface area is 147 Å². The second-order valence-electron chi connectivity index (χ2n) is 6.77. The summed E-state index contributed by atoms with van der Waals surface area (Å²) in [4.78, 5) is 19.3. The first-order chi connectivity index (χ1) is 11.9. The van der Waals surface area contributed by atoms with Crippen LogP contribution in [0.4, 0.5) is 5.88 Å². The molecule has 1 aliphatic rings. The molecule has 8 nitrogen and oxygen atoms in total. The van der Waals surface area contributed by atoms with Gasteiger partial charge in [-0.3, -0.25) is 15.0 Å². The van der Waals surface area contributed by atoms with Crippen LogP contribution in [0.15, 0.2) is 10.6 Å². The number of nitrogens with one attached hydrogen (secondary N) is 1. The second-order valence-corrected chi connectivity index (χ2v) is 6.77. The van der Waals surface area contributed by atoms with Crippen LogP contribution < -0.4 is 5.32 Å². The van der Waals surface area contributed by atoms with Crippen LogP contribution in [-0.4, -0.2) is 49.4 Å². The highest BCUT2D eigenvalue weighted by Crippen LogP contribution is 2.22. The van der Waals surface area contributed by atoms with Gasteiger partial charge in [-0.2, -0.15) is 5.10 Å². The zero-order valence-electron chi connectivity index (χ0n) is 15.3. The van der Waals surface area contributed by atoms with Crippen LogP contribution in [0.25, 0.3) is 0 Å². The van der Waals surface area contributed by atoms with Crippen molar-refractivity contribution in [2.24, 2.45) is 0 Å². The van der Waals surface area contributed by atoms with Gasteiger partial charge in [0.15, 0.2) is 0 Å². The van der Waals surface area contributed by atoms with Crippen LogP contribution in [-0.2, 0) is 11.3 Å². The van der Waals surface area contributed by atoms with Crippen molar-refractivity contribution in [3.63, 3.8) is 0 Å².